The summed E-state index contributed by atoms with van der Waals surface area (Å²) in [5.74, 6) is -0.223. The van der Waals surface area contributed by atoms with Crippen LogP contribution >= 0.6 is 0 Å². The van der Waals surface area contributed by atoms with E-state index in [1.165, 1.54) is 37.3 Å². The first-order valence-corrected chi connectivity index (χ1v) is 3.93. The molecule has 0 fully saturated rings. The highest BCUT2D eigenvalue weighted by Gasteiger charge is 2.09. The first kappa shape index (κ1) is 8.43. The predicted octanol–water partition coefficient (Wildman–Crippen LogP) is 0.498. The van der Waals surface area contributed by atoms with Gasteiger partial charge in [-0.05, 0) is 0 Å². The molecule has 0 spiro atoms. The van der Waals surface area contributed by atoms with Gasteiger partial charge in [-0.2, -0.15) is 0 Å². The van der Waals surface area contributed by atoms with Crippen LogP contribution in [-0.4, -0.2) is 25.7 Å². The Labute approximate surface area is 79.9 Å². The smallest absolute Gasteiger partial charge is 0.216 e. The van der Waals surface area contributed by atoms with E-state index in [-0.39, 0.29) is 5.78 Å². The molecule has 0 aliphatic rings. The third-order valence-electron chi connectivity index (χ3n) is 1.62. The molecule has 0 saturated heterocycles. The zero-order valence-corrected chi connectivity index (χ0v) is 7.16. The molecule has 0 bridgehead atoms. The topological polar surface area (TPSA) is 68.6 Å². The number of rotatable bonds is 2. The van der Waals surface area contributed by atoms with Gasteiger partial charge in [-0.15, -0.1) is 0 Å². The van der Waals surface area contributed by atoms with Gasteiger partial charge in [0.15, 0.2) is 0 Å². The molecule has 14 heavy (non-hydrogen) atoms. The van der Waals surface area contributed by atoms with Crippen LogP contribution < -0.4 is 0 Å². The van der Waals surface area contributed by atoms with Gasteiger partial charge < -0.3 is 0 Å². The molecule has 0 aromatic carbocycles. The zero-order chi connectivity index (χ0) is 9.80. The third kappa shape index (κ3) is 1.61. The summed E-state index contributed by atoms with van der Waals surface area (Å²) in [7, 11) is 0. The zero-order valence-electron chi connectivity index (χ0n) is 7.16. The average Bonchev–Trinajstić information content (AvgIpc) is 2.30. The lowest BCUT2D eigenvalue weighted by atomic mass is 10.2. The summed E-state index contributed by atoms with van der Waals surface area (Å²) in [6.45, 7) is 0. The number of hydrogen-bond acceptors (Lipinski definition) is 5. The first-order valence-electron chi connectivity index (χ1n) is 3.93. The molecule has 68 valence electrons. The number of ketones is 1. The van der Waals surface area contributed by atoms with Crippen LogP contribution in [0.1, 0.15) is 16.1 Å². The minimum absolute atomic E-state index is 0.223. The monoisotopic (exact) mass is 186 g/mol. The second-order valence-corrected chi connectivity index (χ2v) is 2.55. The molecule has 2 rings (SSSR count). The Bertz CT molecular complexity index is 388. The lowest BCUT2D eigenvalue weighted by molar-refractivity contribution is 0.103. The standard InChI is InChI=1S/C9H6N4O/c14-9(7-3-11-6-12-4-7)8-5-10-1-2-13-8/h1-6H. The summed E-state index contributed by atoms with van der Waals surface area (Å²) >= 11 is 0. The molecule has 5 heteroatoms. The molecular formula is C9H6N4O. The molecule has 2 aromatic heterocycles. The minimum atomic E-state index is -0.223. The maximum absolute atomic E-state index is 11.7. The fourth-order valence-corrected chi connectivity index (χ4v) is 0.981. The molecule has 2 aromatic rings. The van der Waals surface area contributed by atoms with Crippen molar-refractivity contribution in [3.63, 3.8) is 0 Å². The highest BCUT2D eigenvalue weighted by Crippen LogP contribution is 2.02. The molecule has 0 N–H and O–H groups in total. The van der Waals surface area contributed by atoms with E-state index in [4.69, 9.17) is 0 Å². The van der Waals surface area contributed by atoms with Gasteiger partial charge in [-0.3, -0.25) is 9.78 Å². The van der Waals surface area contributed by atoms with Gasteiger partial charge in [0.25, 0.3) is 0 Å². The second kappa shape index (κ2) is 3.69. The van der Waals surface area contributed by atoms with Crippen LogP contribution in [0.3, 0.4) is 0 Å². The van der Waals surface area contributed by atoms with Crippen molar-refractivity contribution in [3.05, 3.63) is 48.6 Å². The fraction of sp³-hybridized carbons (Fsp3) is 0. The Kier molecular flexibility index (Phi) is 2.22. The van der Waals surface area contributed by atoms with Crippen LogP contribution in [0.15, 0.2) is 37.3 Å². The van der Waals surface area contributed by atoms with Crippen LogP contribution in [0.5, 0.6) is 0 Å². The Balaban J connectivity index is 2.35. The van der Waals surface area contributed by atoms with Crippen LogP contribution in [0, 0.1) is 0 Å². The van der Waals surface area contributed by atoms with Crippen molar-refractivity contribution in [3.8, 4) is 0 Å². The largest absolute Gasteiger partial charge is 0.287 e. The number of carbonyl (C=O) groups excluding carboxylic acids is 1. The Morgan fingerprint density at radius 3 is 2.43 bits per heavy atom. The summed E-state index contributed by atoms with van der Waals surface area (Å²) in [6, 6.07) is 0. The van der Waals surface area contributed by atoms with E-state index in [9.17, 15) is 4.79 Å². The number of nitrogens with zero attached hydrogens (tertiary/aromatic N) is 4. The van der Waals surface area contributed by atoms with Crippen molar-refractivity contribution in [1.29, 1.82) is 0 Å². The van der Waals surface area contributed by atoms with E-state index in [0.29, 0.717) is 11.3 Å². The van der Waals surface area contributed by atoms with Crippen LogP contribution in [-0.2, 0) is 0 Å². The Morgan fingerprint density at radius 2 is 1.79 bits per heavy atom. The van der Waals surface area contributed by atoms with Crippen molar-refractivity contribution in [2.75, 3.05) is 0 Å². The van der Waals surface area contributed by atoms with Crippen LogP contribution in [0.25, 0.3) is 0 Å². The van der Waals surface area contributed by atoms with Crippen molar-refractivity contribution in [1.82, 2.24) is 19.9 Å². The van der Waals surface area contributed by atoms with Crippen molar-refractivity contribution >= 4 is 5.78 Å². The van der Waals surface area contributed by atoms with Crippen LogP contribution in [0.4, 0.5) is 0 Å². The van der Waals surface area contributed by atoms with Gasteiger partial charge in [0.2, 0.25) is 5.78 Å². The van der Waals surface area contributed by atoms with E-state index in [1.807, 2.05) is 0 Å². The van der Waals surface area contributed by atoms with Gasteiger partial charge in [-0.25, -0.2) is 15.0 Å². The van der Waals surface area contributed by atoms with Crippen molar-refractivity contribution in [2.45, 2.75) is 0 Å². The number of aromatic nitrogens is 4. The summed E-state index contributed by atoms with van der Waals surface area (Å²) < 4.78 is 0. The summed E-state index contributed by atoms with van der Waals surface area (Å²) in [4.78, 5) is 26.9. The molecular weight excluding hydrogens is 180 g/mol. The van der Waals surface area contributed by atoms with Gasteiger partial charge >= 0.3 is 0 Å². The molecule has 0 saturated carbocycles. The van der Waals surface area contributed by atoms with Gasteiger partial charge in [0, 0.05) is 24.8 Å². The van der Waals surface area contributed by atoms with E-state index in [1.54, 1.807) is 0 Å². The second-order valence-electron chi connectivity index (χ2n) is 2.55. The van der Waals surface area contributed by atoms with Gasteiger partial charge in [-0.1, -0.05) is 0 Å². The Morgan fingerprint density at radius 1 is 1.00 bits per heavy atom. The van der Waals surface area contributed by atoms with Crippen molar-refractivity contribution in [2.24, 2.45) is 0 Å². The summed E-state index contributed by atoms with van der Waals surface area (Å²) in [5, 5.41) is 0. The predicted molar refractivity (Wildman–Crippen MR) is 47.5 cm³/mol. The fourth-order valence-electron chi connectivity index (χ4n) is 0.981. The van der Waals surface area contributed by atoms with Gasteiger partial charge in [0.05, 0.1) is 11.8 Å². The van der Waals surface area contributed by atoms with Crippen LogP contribution in [0.2, 0.25) is 0 Å². The highest BCUT2D eigenvalue weighted by atomic mass is 16.1. The lowest BCUT2D eigenvalue weighted by Gasteiger charge is -1.96. The maximum Gasteiger partial charge on any atom is 0.216 e. The maximum atomic E-state index is 11.7. The van der Waals surface area contributed by atoms with E-state index >= 15 is 0 Å². The van der Waals surface area contributed by atoms with Crippen molar-refractivity contribution < 1.29 is 4.79 Å². The lowest BCUT2D eigenvalue weighted by Crippen LogP contribution is -2.04. The molecule has 0 amide bonds. The quantitative estimate of drug-likeness (QED) is 0.638. The third-order valence-corrected chi connectivity index (χ3v) is 1.62. The molecule has 0 atom stereocenters. The molecule has 0 aliphatic heterocycles. The Hall–Kier alpha value is -2.17. The van der Waals surface area contributed by atoms with Gasteiger partial charge in [0.1, 0.15) is 12.0 Å². The van der Waals surface area contributed by atoms with E-state index in [0.717, 1.165) is 0 Å². The molecule has 5 nitrogen and oxygen atoms in total. The molecule has 2 heterocycles. The summed E-state index contributed by atoms with van der Waals surface area (Å²) in [6.07, 6.45) is 8.66. The normalized spacial score (nSPS) is 9.71. The average molecular weight is 186 g/mol. The number of hydrogen-bond donors (Lipinski definition) is 0. The summed E-state index contributed by atoms with van der Waals surface area (Å²) in [5.41, 5.74) is 0.704. The van der Waals surface area contributed by atoms with E-state index < -0.39 is 0 Å². The molecule has 0 unspecified atom stereocenters. The number of carbonyl (C=O) groups is 1. The highest BCUT2D eigenvalue weighted by molar-refractivity contribution is 6.07. The molecule has 0 aliphatic carbocycles. The first-order chi connectivity index (χ1) is 6.88. The van der Waals surface area contributed by atoms with E-state index in [2.05, 4.69) is 19.9 Å². The SMILES string of the molecule is O=C(c1cncnc1)c1cnccn1. The molecule has 0 radical (unpaired) electrons. The minimum Gasteiger partial charge on any atom is -0.287 e.